The molecule has 1 aromatic heterocycles. The molecular weight excluding hydrogens is 236 g/mol. The molecule has 0 saturated heterocycles. The molecular formula is C13H15ClN2O. The number of nitrogens with zero attached hydrogens (tertiary/aromatic N) is 2. The molecule has 0 saturated carbocycles. The average molecular weight is 251 g/mol. The van der Waals surface area contributed by atoms with Crippen molar-refractivity contribution in [2.24, 2.45) is 0 Å². The number of aryl methyl sites for hydroxylation is 1. The van der Waals surface area contributed by atoms with Crippen LogP contribution in [0.25, 0.3) is 0 Å². The normalized spacial score (nSPS) is 12.6. The predicted octanol–water partition coefficient (Wildman–Crippen LogP) is 3.39. The maximum absolute atomic E-state index is 5.65. The van der Waals surface area contributed by atoms with Crippen molar-refractivity contribution in [3.63, 3.8) is 0 Å². The van der Waals surface area contributed by atoms with Gasteiger partial charge in [-0.15, -0.1) is 21.8 Å². The minimum absolute atomic E-state index is 0.174. The first-order valence-corrected chi connectivity index (χ1v) is 6.31. The zero-order chi connectivity index (χ0) is 12.1. The summed E-state index contributed by atoms with van der Waals surface area (Å²) in [5.41, 5.74) is 1.20. The molecule has 1 heterocycles. The van der Waals surface area contributed by atoms with Gasteiger partial charge in [0.05, 0.1) is 5.92 Å². The van der Waals surface area contributed by atoms with E-state index in [0.717, 1.165) is 6.42 Å². The molecule has 0 N–H and O–H groups in total. The van der Waals surface area contributed by atoms with Gasteiger partial charge in [0.25, 0.3) is 0 Å². The summed E-state index contributed by atoms with van der Waals surface area (Å²) in [6, 6.07) is 10.2. The van der Waals surface area contributed by atoms with E-state index in [1.807, 2.05) is 18.2 Å². The average Bonchev–Trinajstić information content (AvgIpc) is 2.81. The van der Waals surface area contributed by atoms with Crippen LogP contribution in [-0.4, -0.2) is 16.1 Å². The van der Waals surface area contributed by atoms with Gasteiger partial charge in [-0.2, -0.15) is 0 Å². The second-order valence-corrected chi connectivity index (χ2v) is 4.22. The van der Waals surface area contributed by atoms with Crippen LogP contribution in [0.5, 0.6) is 0 Å². The quantitative estimate of drug-likeness (QED) is 0.764. The third kappa shape index (κ3) is 2.86. The van der Waals surface area contributed by atoms with Gasteiger partial charge in [-0.1, -0.05) is 37.3 Å². The van der Waals surface area contributed by atoms with Crippen LogP contribution in [0.1, 0.15) is 36.6 Å². The van der Waals surface area contributed by atoms with E-state index in [1.54, 1.807) is 0 Å². The monoisotopic (exact) mass is 250 g/mol. The molecule has 1 unspecified atom stereocenters. The first kappa shape index (κ1) is 12.1. The highest BCUT2D eigenvalue weighted by atomic mass is 35.5. The summed E-state index contributed by atoms with van der Waals surface area (Å²) in [6.07, 6.45) is 1.56. The largest absolute Gasteiger partial charge is 0.425 e. The summed E-state index contributed by atoms with van der Waals surface area (Å²) in [5.74, 6) is 1.97. The Hall–Kier alpha value is -1.35. The van der Waals surface area contributed by atoms with Crippen molar-refractivity contribution in [2.45, 2.75) is 25.7 Å². The van der Waals surface area contributed by atoms with E-state index in [9.17, 15) is 0 Å². The summed E-state index contributed by atoms with van der Waals surface area (Å²) >= 11 is 5.65. The molecule has 0 aliphatic carbocycles. The molecule has 0 amide bonds. The number of hydrogen-bond donors (Lipinski definition) is 0. The van der Waals surface area contributed by atoms with E-state index in [4.69, 9.17) is 16.0 Å². The standard InChI is InChI=1S/C13H15ClN2O/c1-2-11(10-6-4-3-5-7-10)13-16-15-12(17-13)8-9-14/h3-7,11H,2,8-9H2,1H3. The zero-order valence-electron chi connectivity index (χ0n) is 9.77. The third-order valence-corrected chi connectivity index (χ3v) is 2.89. The van der Waals surface area contributed by atoms with E-state index >= 15 is 0 Å². The van der Waals surface area contributed by atoms with Crippen molar-refractivity contribution in [2.75, 3.05) is 5.88 Å². The molecule has 0 bridgehead atoms. The molecule has 2 aromatic rings. The molecule has 1 atom stereocenters. The molecule has 2 rings (SSSR count). The van der Waals surface area contributed by atoms with Crippen molar-refractivity contribution in [1.29, 1.82) is 0 Å². The third-order valence-electron chi connectivity index (χ3n) is 2.70. The zero-order valence-corrected chi connectivity index (χ0v) is 10.5. The Balaban J connectivity index is 2.23. The smallest absolute Gasteiger partial charge is 0.223 e. The van der Waals surface area contributed by atoms with Gasteiger partial charge in [0.2, 0.25) is 11.8 Å². The maximum Gasteiger partial charge on any atom is 0.223 e. The summed E-state index contributed by atoms with van der Waals surface area (Å²) in [4.78, 5) is 0. The number of halogens is 1. The van der Waals surface area contributed by atoms with Crippen molar-refractivity contribution in [1.82, 2.24) is 10.2 Å². The van der Waals surface area contributed by atoms with Gasteiger partial charge in [-0.05, 0) is 12.0 Å². The van der Waals surface area contributed by atoms with Gasteiger partial charge >= 0.3 is 0 Å². The summed E-state index contributed by atoms with van der Waals surface area (Å²) < 4.78 is 5.62. The molecule has 0 aliphatic heterocycles. The number of hydrogen-bond acceptors (Lipinski definition) is 3. The molecule has 4 heteroatoms. The SMILES string of the molecule is CCC(c1ccccc1)c1nnc(CCCl)o1. The molecule has 0 fully saturated rings. The van der Waals surface area contributed by atoms with Crippen molar-refractivity contribution in [3.05, 3.63) is 47.7 Å². The second-order valence-electron chi connectivity index (χ2n) is 3.84. The molecule has 3 nitrogen and oxygen atoms in total. The van der Waals surface area contributed by atoms with E-state index < -0.39 is 0 Å². The Bertz CT molecular complexity index is 455. The van der Waals surface area contributed by atoms with Crippen LogP contribution in [0.4, 0.5) is 0 Å². The second kappa shape index (κ2) is 5.82. The highest BCUT2D eigenvalue weighted by Crippen LogP contribution is 2.26. The van der Waals surface area contributed by atoms with Crippen LogP contribution < -0.4 is 0 Å². The fourth-order valence-electron chi connectivity index (χ4n) is 1.83. The Morgan fingerprint density at radius 2 is 2.00 bits per heavy atom. The van der Waals surface area contributed by atoms with Gasteiger partial charge in [0.1, 0.15) is 0 Å². The molecule has 1 aromatic carbocycles. The van der Waals surface area contributed by atoms with E-state index in [0.29, 0.717) is 24.1 Å². The van der Waals surface area contributed by atoms with Crippen molar-refractivity contribution in [3.8, 4) is 0 Å². The first-order chi connectivity index (χ1) is 8.35. The van der Waals surface area contributed by atoms with Crippen LogP contribution in [0, 0.1) is 0 Å². The Morgan fingerprint density at radius 1 is 1.24 bits per heavy atom. The Morgan fingerprint density at radius 3 is 2.65 bits per heavy atom. The topological polar surface area (TPSA) is 38.9 Å². The number of alkyl halides is 1. The van der Waals surface area contributed by atoms with E-state index in [-0.39, 0.29) is 5.92 Å². The van der Waals surface area contributed by atoms with E-state index in [1.165, 1.54) is 5.56 Å². The lowest BCUT2D eigenvalue weighted by Crippen LogP contribution is -1.99. The summed E-state index contributed by atoms with van der Waals surface area (Å²) in [6.45, 7) is 2.11. The van der Waals surface area contributed by atoms with Crippen LogP contribution >= 0.6 is 11.6 Å². The number of benzene rings is 1. The molecule has 17 heavy (non-hydrogen) atoms. The van der Waals surface area contributed by atoms with Crippen LogP contribution in [-0.2, 0) is 6.42 Å². The van der Waals surface area contributed by atoms with E-state index in [2.05, 4.69) is 29.3 Å². The predicted molar refractivity (Wildman–Crippen MR) is 67.3 cm³/mol. The van der Waals surface area contributed by atoms with Crippen molar-refractivity contribution >= 4 is 11.6 Å². The number of rotatable bonds is 5. The Kier molecular flexibility index (Phi) is 4.15. The first-order valence-electron chi connectivity index (χ1n) is 5.78. The van der Waals surface area contributed by atoms with Gasteiger partial charge in [-0.25, -0.2) is 0 Å². The van der Waals surface area contributed by atoms with Crippen molar-refractivity contribution < 1.29 is 4.42 Å². The fourth-order valence-corrected chi connectivity index (χ4v) is 1.99. The molecule has 90 valence electrons. The van der Waals surface area contributed by atoms with Gasteiger partial charge < -0.3 is 4.42 Å². The minimum Gasteiger partial charge on any atom is -0.425 e. The fraction of sp³-hybridized carbons (Fsp3) is 0.385. The van der Waals surface area contributed by atoms with Gasteiger partial charge in [-0.3, -0.25) is 0 Å². The maximum atomic E-state index is 5.65. The molecule has 0 radical (unpaired) electrons. The van der Waals surface area contributed by atoms with Crippen LogP contribution in [0.2, 0.25) is 0 Å². The summed E-state index contributed by atoms with van der Waals surface area (Å²) in [7, 11) is 0. The van der Waals surface area contributed by atoms with Gasteiger partial charge in [0.15, 0.2) is 0 Å². The summed E-state index contributed by atoms with van der Waals surface area (Å²) in [5, 5.41) is 8.11. The van der Waals surface area contributed by atoms with Gasteiger partial charge in [0, 0.05) is 12.3 Å². The van der Waals surface area contributed by atoms with Crippen LogP contribution in [0.15, 0.2) is 34.7 Å². The lowest BCUT2D eigenvalue weighted by molar-refractivity contribution is 0.432. The molecule has 0 spiro atoms. The van der Waals surface area contributed by atoms with Crippen LogP contribution in [0.3, 0.4) is 0 Å². The highest BCUT2D eigenvalue weighted by Gasteiger charge is 2.18. The Labute approximate surface area is 106 Å². The lowest BCUT2D eigenvalue weighted by atomic mass is 9.97. The highest BCUT2D eigenvalue weighted by molar-refractivity contribution is 6.17. The lowest BCUT2D eigenvalue weighted by Gasteiger charge is -2.10. The molecule has 0 aliphatic rings. The minimum atomic E-state index is 0.174. The number of aromatic nitrogens is 2.